The zero-order valence-corrected chi connectivity index (χ0v) is 14.5. The fourth-order valence-electron chi connectivity index (χ4n) is 2.59. The van der Waals surface area contributed by atoms with Crippen molar-refractivity contribution >= 4 is 11.4 Å². The molecule has 4 aromatic rings. The molecular weight excluding hydrogens is 316 g/mol. The monoisotopic (exact) mass is 338 g/mol. The molecule has 0 bridgehead atoms. The average molecular weight is 338 g/mol. The number of rotatable bonds is 2. The van der Waals surface area contributed by atoms with Gasteiger partial charge in [0.1, 0.15) is 0 Å². The average Bonchev–Trinajstić information content (AvgIpc) is 2.71. The van der Waals surface area contributed by atoms with Gasteiger partial charge in [-0.15, -0.1) is 0 Å². The Hall–Kier alpha value is -3.52. The Kier molecular flexibility index (Phi) is 5.69. The fourth-order valence-corrected chi connectivity index (χ4v) is 2.59. The minimum atomic E-state index is 0.784. The van der Waals surface area contributed by atoms with Crippen LogP contribution in [0.3, 0.4) is 0 Å². The van der Waals surface area contributed by atoms with Crippen molar-refractivity contribution in [2.75, 3.05) is 11.5 Å². The van der Waals surface area contributed by atoms with E-state index >= 15 is 0 Å². The number of nitrogens with two attached hydrogens (primary N) is 2. The maximum absolute atomic E-state index is 5.71. The summed E-state index contributed by atoms with van der Waals surface area (Å²) in [5.41, 5.74) is 17.7. The van der Waals surface area contributed by atoms with Crippen molar-refractivity contribution in [3.63, 3.8) is 0 Å². The summed E-state index contributed by atoms with van der Waals surface area (Å²) >= 11 is 0. The van der Waals surface area contributed by atoms with E-state index in [4.69, 9.17) is 11.5 Å². The lowest BCUT2D eigenvalue weighted by Gasteiger charge is -2.06. The molecule has 4 N–H and O–H groups in total. The maximum atomic E-state index is 5.71. The summed E-state index contributed by atoms with van der Waals surface area (Å²) in [5.74, 6) is 0. The summed E-state index contributed by atoms with van der Waals surface area (Å²) in [6.07, 6.45) is 0. The van der Waals surface area contributed by atoms with Crippen LogP contribution in [0.15, 0.2) is 109 Å². The molecule has 0 amide bonds. The molecule has 0 fully saturated rings. The Bertz CT molecular complexity index is 819. The lowest BCUT2D eigenvalue weighted by molar-refractivity contribution is 1.58. The van der Waals surface area contributed by atoms with E-state index in [0.717, 1.165) is 11.4 Å². The minimum Gasteiger partial charge on any atom is -0.399 e. The number of hydrogen-bond donors (Lipinski definition) is 2. The van der Waals surface area contributed by atoms with Crippen molar-refractivity contribution in [2.24, 2.45) is 0 Å². The second kappa shape index (κ2) is 8.54. The van der Waals surface area contributed by atoms with Gasteiger partial charge in [0.05, 0.1) is 0 Å². The zero-order valence-electron chi connectivity index (χ0n) is 14.5. The van der Waals surface area contributed by atoms with Crippen molar-refractivity contribution < 1.29 is 0 Å². The van der Waals surface area contributed by atoms with Crippen molar-refractivity contribution in [1.29, 1.82) is 0 Å². The highest BCUT2D eigenvalue weighted by Crippen LogP contribution is 2.25. The summed E-state index contributed by atoms with van der Waals surface area (Å²) < 4.78 is 0. The summed E-state index contributed by atoms with van der Waals surface area (Å²) in [6.45, 7) is 0. The number of benzene rings is 4. The van der Waals surface area contributed by atoms with Crippen molar-refractivity contribution in [3.8, 4) is 22.3 Å². The predicted molar refractivity (Wildman–Crippen MR) is 113 cm³/mol. The fraction of sp³-hybridized carbons (Fsp3) is 0. The van der Waals surface area contributed by atoms with Gasteiger partial charge in [0.2, 0.25) is 0 Å². The molecule has 2 nitrogen and oxygen atoms in total. The van der Waals surface area contributed by atoms with E-state index in [0.29, 0.717) is 0 Å². The molecular formula is C24H22N2. The van der Waals surface area contributed by atoms with Gasteiger partial charge in [0, 0.05) is 11.4 Å². The lowest BCUT2D eigenvalue weighted by atomic mass is 10.00. The van der Waals surface area contributed by atoms with Crippen LogP contribution >= 0.6 is 0 Å². The molecule has 0 heterocycles. The van der Waals surface area contributed by atoms with Gasteiger partial charge >= 0.3 is 0 Å². The first-order chi connectivity index (χ1) is 12.7. The third-order valence-electron chi connectivity index (χ3n) is 4.04. The van der Waals surface area contributed by atoms with E-state index in [1.54, 1.807) is 0 Å². The Balaban J connectivity index is 0.000000278. The molecule has 26 heavy (non-hydrogen) atoms. The standard InChI is InChI=1S/C18H16N2.C6H6/c19-17-9-5-15(6-10-17)13-1-2-14(4-3-13)16-7-11-18(20)12-8-16;1-2-4-6-5-3-1/h1-12H,19-20H2;1-6H. The first-order valence-electron chi connectivity index (χ1n) is 8.54. The van der Waals surface area contributed by atoms with Gasteiger partial charge in [-0.05, 0) is 46.5 Å². The largest absolute Gasteiger partial charge is 0.399 e. The van der Waals surface area contributed by atoms with Gasteiger partial charge in [0.25, 0.3) is 0 Å². The molecule has 0 radical (unpaired) electrons. The molecule has 0 atom stereocenters. The Morgan fingerprint density at radius 3 is 0.731 bits per heavy atom. The summed E-state index contributed by atoms with van der Waals surface area (Å²) in [6, 6.07) is 36.3. The Labute approximate surface area is 154 Å². The first-order valence-corrected chi connectivity index (χ1v) is 8.54. The van der Waals surface area contributed by atoms with Crippen LogP contribution in [0.25, 0.3) is 22.3 Å². The van der Waals surface area contributed by atoms with Crippen LogP contribution < -0.4 is 11.5 Å². The zero-order chi connectivity index (χ0) is 18.2. The van der Waals surface area contributed by atoms with Gasteiger partial charge in [-0.3, -0.25) is 0 Å². The third kappa shape index (κ3) is 4.74. The molecule has 0 aliphatic heterocycles. The van der Waals surface area contributed by atoms with Gasteiger partial charge in [-0.2, -0.15) is 0 Å². The van der Waals surface area contributed by atoms with Gasteiger partial charge in [-0.25, -0.2) is 0 Å². The van der Waals surface area contributed by atoms with Gasteiger partial charge < -0.3 is 11.5 Å². The van der Waals surface area contributed by atoms with Crippen molar-refractivity contribution in [1.82, 2.24) is 0 Å². The molecule has 4 aromatic carbocycles. The Morgan fingerprint density at radius 1 is 0.308 bits per heavy atom. The minimum absolute atomic E-state index is 0.784. The quantitative estimate of drug-likeness (QED) is 0.449. The molecule has 0 aromatic heterocycles. The maximum Gasteiger partial charge on any atom is 0.0314 e. The van der Waals surface area contributed by atoms with Crippen LogP contribution in [-0.4, -0.2) is 0 Å². The molecule has 0 aliphatic carbocycles. The molecule has 0 aliphatic rings. The number of anilines is 2. The van der Waals surface area contributed by atoms with E-state index in [1.807, 2.05) is 84.9 Å². The number of nitrogen functional groups attached to an aromatic ring is 2. The van der Waals surface area contributed by atoms with E-state index in [-0.39, 0.29) is 0 Å². The molecule has 0 saturated carbocycles. The molecule has 0 spiro atoms. The van der Waals surface area contributed by atoms with Crippen LogP contribution in [0.2, 0.25) is 0 Å². The lowest BCUT2D eigenvalue weighted by Crippen LogP contribution is -1.85. The van der Waals surface area contributed by atoms with Crippen LogP contribution in [0.5, 0.6) is 0 Å². The molecule has 0 unspecified atom stereocenters. The van der Waals surface area contributed by atoms with E-state index in [1.165, 1.54) is 22.3 Å². The summed E-state index contributed by atoms with van der Waals surface area (Å²) in [5, 5.41) is 0. The summed E-state index contributed by atoms with van der Waals surface area (Å²) in [4.78, 5) is 0. The van der Waals surface area contributed by atoms with Gasteiger partial charge in [-0.1, -0.05) is 84.9 Å². The third-order valence-corrected chi connectivity index (χ3v) is 4.04. The highest BCUT2D eigenvalue weighted by Gasteiger charge is 2.00. The molecule has 2 heteroatoms. The first kappa shape index (κ1) is 17.3. The SMILES string of the molecule is Nc1ccc(-c2ccc(-c3ccc(N)cc3)cc2)cc1.c1ccccc1. The van der Waals surface area contributed by atoms with E-state index in [9.17, 15) is 0 Å². The van der Waals surface area contributed by atoms with Crippen molar-refractivity contribution in [2.45, 2.75) is 0 Å². The number of hydrogen-bond acceptors (Lipinski definition) is 2. The van der Waals surface area contributed by atoms with Crippen LogP contribution in [0.1, 0.15) is 0 Å². The van der Waals surface area contributed by atoms with Crippen LogP contribution in [0.4, 0.5) is 11.4 Å². The smallest absolute Gasteiger partial charge is 0.0314 e. The predicted octanol–water partition coefficient (Wildman–Crippen LogP) is 5.87. The van der Waals surface area contributed by atoms with E-state index < -0.39 is 0 Å². The molecule has 0 saturated heterocycles. The highest BCUT2D eigenvalue weighted by molar-refractivity contribution is 5.71. The van der Waals surface area contributed by atoms with E-state index in [2.05, 4.69) is 24.3 Å². The normalized spacial score (nSPS) is 9.85. The van der Waals surface area contributed by atoms with Crippen LogP contribution in [-0.2, 0) is 0 Å². The highest BCUT2D eigenvalue weighted by atomic mass is 14.5. The van der Waals surface area contributed by atoms with Crippen LogP contribution in [0, 0.1) is 0 Å². The topological polar surface area (TPSA) is 52.0 Å². The van der Waals surface area contributed by atoms with Gasteiger partial charge in [0.15, 0.2) is 0 Å². The molecule has 4 rings (SSSR count). The summed E-state index contributed by atoms with van der Waals surface area (Å²) in [7, 11) is 0. The second-order valence-electron chi connectivity index (χ2n) is 5.98. The Morgan fingerprint density at radius 2 is 0.500 bits per heavy atom. The second-order valence-corrected chi connectivity index (χ2v) is 5.98. The van der Waals surface area contributed by atoms with Crippen molar-refractivity contribution in [3.05, 3.63) is 109 Å². The molecule has 128 valence electrons.